The van der Waals surface area contributed by atoms with E-state index in [1.165, 1.54) is 0 Å². The summed E-state index contributed by atoms with van der Waals surface area (Å²) < 4.78 is 16.0. The SMILES string of the molecule is COc1ccc(OCC(=O)NCC2(O)CCOc3ccccc32)cc1. The van der Waals surface area contributed by atoms with Crippen molar-refractivity contribution < 1.29 is 24.1 Å². The summed E-state index contributed by atoms with van der Waals surface area (Å²) in [6.45, 7) is 0.393. The van der Waals surface area contributed by atoms with Gasteiger partial charge in [-0.2, -0.15) is 0 Å². The number of fused-ring (bicyclic) bond motifs is 1. The summed E-state index contributed by atoms with van der Waals surface area (Å²) in [6, 6.07) is 14.3. The molecule has 1 unspecified atom stereocenters. The first-order chi connectivity index (χ1) is 12.1. The summed E-state index contributed by atoms with van der Waals surface area (Å²) in [4.78, 5) is 12.0. The topological polar surface area (TPSA) is 77.0 Å². The van der Waals surface area contributed by atoms with Gasteiger partial charge >= 0.3 is 0 Å². The molecule has 0 aromatic heterocycles. The standard InChI is InChI=1S/C19H21NO5/c1-23-14-6-8-15(9-7-14)25-12-18(21)20-13-19(22)10-11-24-17-5-3-2-4-16(17)19/h2-9,22H,10-13H2,1H3,(H,20,21). The van der Waals surface area contributed by atoms with Gasteiger partial charge in [0.05, 0.1) is 20.3 Å². The van der Waals surface area contributed by atoms with Gasteiger partial charge < -0.3 is 24.6 Å². The fraction of sp³-hybridized carbons (Fsp3) is 0.316. The molecule has 0 bridgehead atoms. The van der Waals surface area contributed by atoms with Crippen molar-refractivity contribution in [1.29, 1.82) is 0 Å². The molecule has 0 aliphatic carbocycles. The summed E-state index contributed by atoms with van der Waals surface area (Å²) in [5, 5.41) is 13.6. The zero-order valence-corrected chi connectivity index (χ0v) is 14.0. The van der Waals surface area contributed by atoms with Crippen molar-refractivity contribution in [2.75, 3.05) is 26.9 Å². The van der Waals surface area contributed by atoms with Crippen LogP contribution < -0.4 is 19.5 Å². The Kier molecular flexibility index (Phi) is 5.09. The number of carbonyl (C=O) groups excluding carboxylic acids is 1. The highest BCUT2D eigenvalue weighted by atomic mass is 16.5. The van der Waals surface area contributed by atoms with Gasteiger partial charge in [-0.05, 0) is 30.3 Å². The second-order valence-corrected chi connectivity index (χ2v) is 5.87. The van der Waals surface area contributed by atoms with Gasteiger partial charge in [0.15, 0.2) is 6.61 Å². The van der Waals surface area contributed by atoms with Crippen molar-refractivity contribution in [3.05, 3.63) is 54.1 Å². The molecule has 3 rings (SSSR count). The number of hydrogen-bond acceptors (Lipinski definition) is 5. The molecule has 0 spiro atoms. The molecule has 1 heterocycles. The third-order valence-electron chi connectivity index (χ3n) is 4.17. The first kappa shape index (κ1) is 17.1. The molecule has 2 aromatic rings. The fourth-order valence-corrected chi connectivity index (χ4v) is 2.74. The molecule has 1 aliphatic heterocycles. The maximum absolute atomic E-state index is 12.0. The van der Waals surface area contributed by atoms with E-state index in [4.69, 9.17) is 14.2 Å². The van der Waals surface area contributed by atoms with Crippen LogP contribution in [-0.2, 0) is 10.4 Å². The van der Waals surface area contributed by atoms with E-state index in [9.17, 15) is 9.90 Å². The molecule has 6 nitrogen and oxygen atoms in total. The lowest BCUT2D eigenvalue weighted by Gasteiger charge is -2.34. The van der Waals surface area contributed by atoms with Gasteiger partial charge in [0, 0.05) is 12.0 Å². The smallest absolute Gasteiger partial charge is 0.258 e. The number of ether oxygens (including phenoxy) is 3. The number of methoxy groups -OCH3 is 1. The average molecular weight is 343 g/mol. The van der Waals surface area contributed by atoms with Crippen LogP contribution in [0.2, 0.25) is 0 Å². The molecule has 2 N–H and O–H groups in total. The Bertz CT molecular complexity index is 731. The van der Waals surface area contributed by atoms with Crippen molar-refractivity contribution in [3.8, 4) is 17.2 Å². The van der Waals surface area contributed by atoms with Crippen LogP contribution in [0.4, 0.5) is 0 Å². The molecular weight excluding hydrogens is 322 g/mol. The highest BCUT2D eigenvalue weighted by Gasteiger charge is 2.35. The molecule has 1 atom stereocenters. The maximum atomic E-state index is 12.0. The third kappa shape index (κ3) is 4.03. The number of rotatable bonds is 6. The summed E-state index contributed by atoms with van der Waals surface area (Å²) in [7, 11) is 1.59. The highest BCUT2D eigenvalue weighted by Crippen LogP contribution is 2.36. The molecule has 0 saturated carbocycles. The normalized spacial score (nSPS) is 18.6. The largest absolute Gasteiger partial charge is 0.497 e. The second-order valence-electron chi connectivity index (χ2n) is 5.87. The number of nitrogens with one attached hydrogen (secondary N) is 1. The Hall–Kier alpha value is -2.73. The van der Waals surface area contributed by atoms with Gasteiger partial charge in [0.1, 0.15) is 22.8 Å². The lowest BCUT2D eigenvalue weighted by atomic mass is 9.88. The molecule has 0 saturated heterocycles. The Morgan fingerprint density at radius 3 is 2.68 bits per heavy atom. The van der Waals surface area contributed by atoms with E-state index in [1.54, 1.807) is 31.4 Å². The number of carbonyl (C=O) groups is 1. The summed E-state index contributed by atoms with van der Waals surface area (Å²) in [5.41, 5.74) is -0.442. The monoisotopic (exact) mass is 343 g/mol. The molecule has 1 amide bonds. The fourth-order valence-electron chi connectivity index (χ4n) is 2.74. The lowest BCUT2D eigenvalue weighted by molar-refractivity contribution is -0.124. The van der Waals surface area contributed by atoms with E-state index in [0.29, 0.717) is 30.1 Å². The highest BCUT2D eigenvalue weighted by molar-refractivity contribution is 5.77. The third-order valence-corrected chi connectivity index (χ3v) is 4.17. The van der Waals surface area contributed by atoms with Crippen LogP contribution in [0.15, 0.2) is 48.5 Å². The zero-order valence-electron chi connectivity index (χ0n) is 14.0. The van der Waals surface area contributed by atoms with Crippen molar-refractivity contribution in [2.45, 2.75) is 12.0 Å². The van der Waals surface area contributed by atoms with E-state index in [2.05, 4.69) is 5.32 Å². The van der Waals surface area contributed by atoms with E-state index in [-0.39, 0.29) is 19.1 Å². The minimum Gasteiger partial charge on any atom is -0.497 e. The van der Waals surface area contributed by atoms with Gasteiger partial charge in [-0.3, -0.25) is 4.79 Å². The zero-order chi connectivity index (χ0) is 17.7. The lowest BCUT2D eigenvalue weighted by Crippen LogP contribution is -2.45. The van der Waals surface area contributed by atoms with Gasteiger partial charge in [0.25, 0.3) is 5.91 Å². The van der Waals surface area contributed by atoms with E-state index in [0.717, 1.165) is 5.75 Å². The quantitative estimate of drug-likeness (QED) is 0.837. The molecule has 132 valence electrons. The Balaban J connectivity index is 1.53. The molecule has 0 fully saturated rings. The molecule has 6 heteroatoms. The summed E-state index contributed by atoms with van der Waals surface area (Å²) in [5.74, 6) is 1.65. The number of benzene rings is 2. The molecule has 0 radical (unpaired) electrons. The first-order valence-corrected chi connectivity index (χ1v) is 8.09. The van der Waals surface area contributed by atoms with Gasteiger partial charge in [0.2, 0.25) is 0 Å². The average Bonchev–Trinajstić information content (AvgIpc) is 2.66. The summed E-state index contributed by atoms with van der Waals surface area (Å²) >= 11 is 0. The predicted molar refractivity (Wildman–Crippen MR) is 91.9 cm³/mol. The maximum Gasteiger partial charge on any atom is 0.258 e. The van der Waals surface area contributed by atoms with Crippen LogP contribution in [0.25, 0.3) is 0 Å². The molecule has 25 heavy (non-hydrogen) atoms. The van der Waals surface area contributed by atoms with Crippen molar-refractivity contribution >= 4 is 5.91 Å². The molecule has 1 aliphatic rings. The van der Waals surface area contributed by atoms with E-state index in [1.807, 2.05) is 24.3 Å². The van der Waals surface area contributed by atoms with Crippen molar-refractivity contribution in [1.82, 2.24) is 5.32 Å². The number of para-hydroxylation sites is 1. The van der Waals surface area contributed by atoms with Gasteiger partial charge in [-0.1, -0.05) is 18.2 Å². The Morgan fingerprint density at radius 1 is 1.20 bits per heavy atom. The Labute approximate surface area is 146 Å². The van der Waals surface area contributed by atoms with Crippen LogP contribution in [0.3, 0.4) is 0 Å². The first-order valence-electron chi connectivity index (χ1n) is 8.09. The Morgan fingerprint density at radius 2 is 1.92 bits per heavy atom. The van der Waals surface area contributed by atoms with Crippen LogP contribution in [0.1, 0.15) is 12.0 Å². The number of amides is 1. The molecular formula is C19H21NO5. The van der Waals surface area contributed by atoms with Crippen LogP contribution in [-0.4, -0.2) is 37.9 Å². The van der Waals surface area contributed by atoms with Crippen molar-refractivity contribution in [2.24, 2.45) is 0 Å². The second kappa shape index (κ2) is 7.44. The van der Waals surface area contributed by atoms with Crippen molar-refractivity contribution in [3.63, 3.8) is 0 Å². The minimum atomic E-state index is -1.13. The predicted octanol–water partition coefficient (Wildman–Crippen LogP) is 1.86. The van der Waals surface area contributed by atoms with E-state index >= 15 is 0 Å². The number of hydrogen-bond donors (Lipinski definition) is 2. The number of aliphatic hydroxyl groups is 1. The van der Waals surface area contributed by atoms with Crippen LogP contribution in [0.5, 0.6) is 17.2 Å². The van der Waals surface area contributed by atoms with Crippen LogP contribution in [0, 0.1) is 0 Å². The summed E-state index contributed by atoms with van der Waals surface area (Å²) in [6.07, 6.45) is 0.420. The van der Waals surface area contributed by atoms with Gasteiger partial charge in [-0.15, -0.1) is 0 Å². The molecule has 2 aromatic carbocycles. The van der Waals surface area contributed by atoms with Gasteiger partial charge in [-0.25, -0.2) is 0 Å². The van der Waals surface area contributed by atoms with E-state index < -0.39 is 5.60 Å². The minimum absolute atomic E-state index is 0.109. The van der Waals surface area contributed by atoms with Crippen LogP contribution >= 0.6 is 0 Å².